The van der Waals surface area contributed by atoms with Crippen LogP contribution in [0.4, 0.5) is 0 Å². The van der Waals surface area contributed by atoms with Crippen molar-refractivity contribution in [3.63, 3.8) is 0 Å². The van der Waals surface area contributed by atoms with E-state index < -0.39 is 8.32 Å². The lowest BCUT2D eigenvalue weighted by Gasteiger charge is -2.37. The van der Waals surface area contributed by atoms with Crippen LogP contribution >= 0.6 is 0 Å². The Bertz CT molecular complexity index is 196. The Morgan fingerprint density at radius 3 is 2.27 bits per heavy atom. The predicted octanol–water partition coefficient (Wildman–Crippen LogP) is 3.17. The molecule has 0 aliphatic carbocycles. The zero-order valence-electron chi connectivity index (χ0n) is 11.2. The van der Waals surface area contributed by atoms with E-state index in [0.717, 1.165) is 13.0 Å². The lowest BCUT2D eigenvalue weighted by Crippen LogP contribution is -2.44. The van der Waals surface area contributed by atoms with Gasteiger partial charge in [-0.1, -0.05) is 26.8 Å². The Balaban J connectivity index is 4.18. The fraction of sp³-hybridized carbons (Fsp3) is 0.833. The van der Waals surface area contributed by atoms with Crippen molar-refractivity contribution in [2.24, 2.45) is 0 Å². The van der Waals surface area contributed by atoms with Crippen LogP contribution in [0.3, 0.4) is 0 Å². The molecule has 0 aromatic rings. The Hall–Kier alpha value is -0.123. The van der Waals surface area contributed by atoms with E-state index in [1.165, 1.54) is 0 Å². The van der Waals surface area contributed by atoms with Crippen molar-refractivity contribution in [1.82, 2.24) is 5.32 Å². The average Bonchev–Trinajstić information content (AvgIpc) is 2.10. The fourth-order valence-corrected chi connectivity index (χ4v) is 2.05. The second-order valence-electron chi connectivity index (χ2n) is 5.58. The van der Waals surface area contributed by atoms with Crippen molar-refractivity contribution < 1.29 is 4.43 Å². The van der Waals surface area contributed by atoms with Crippen molar-refractivity contribution in [2.75, 3.05) is 13.7 Å². The van der Waals surface area contributed by atoms with E-state index in [2.05, 4.69) is 45.8 Å². The van der Waals surface area contributed by atoms with Gasteiger partial charge in [-0.25, -0.2) is 0 Å². The molecule has 0 saturated carbocycles. The molecule has 1 atom stereocenters. The number of likely N-dealkylation sites (N-methyl/N-ethyl adjacent to an activating group) is 1. The largest absolute Gasteiger partial charge is 0.415 e. The molecule has 0 radical (unpaired) electrons. The summed E-state index contributed by atoms with van der Waals surface area (Å²) < 4.78 is 6.13. The van der Waals surface area contributed by atoms with E-state index in [9.17, 15) is 0 Å². The molecule has 0 amide bonds. The molecule has 0 aromatic carbocycles. The Kier molecular flexibility index (Phi) is 5.78. The molecule has 0 aromatic heterocycles. The summed E-state index contributed by atoms with van der Waals surface area (Å²) in [5, 5.41) is 3.54. The topological polar surface area (TPSA) is 21.3 Å². The standard InChI is InChI=1S/C12H27NOSi/c1-8-9-11(13-5)10-14-15(6,7)12(2,3)4/h8,11,13H,1,9-10H2,2-7H3. The molecule has 2 nitrogen and oxygen atoms in total. The van der Waals surface area contributed by atoms with Crippen LogP contribution in [0.2, 0.25) is 18.1 Å². The third-order valence-corrected chi connectivity index (χ3v) is 7.81. The molecule has 3 heteroatoms. The first-order chi connectivity index (χ1) is 6.74. The molecule has 0 bridgehead atoms. The van der Waals surface area contributed by atoms with Gasteiger partial charge in [-0.15, -0.1) is 6.58 Å². The molecule has 1 unspecified atom stereocenters. The summed E-state index contributed by atoms with van der Waals surface area (Å²) in [5.74, 6) is 0. The minimum absolute atomic E-state index is 0.291. The molecule has 90 valence electrons. The number of hydrogen-bond acceptors (Lipinski definition) is 2. The van der Waals surface area contributed by atoms with Crippen molar-refractivity contribution in [1.29, 1.82) is 0 Å². The zero-order valence-corrected chi connectivity index (χ0v) is 12.2. The van der Waals surface area contributed by atoms with Gasteiger partial charge >= 0.3 is 0 Å². The maximum atomic E-state index is 6.13. The molecule has 0 rings (SSSR count). The minimum atomic E-state index is -1.59. The highest BCUT2D eigenvalue weighted by molar-refractivity contribution is 6.74. The van der Waals surface area contributed by atoms with Crippen LogP contribution in [-0.2, 0) is 4.43 Å². The van der Waals surface area contributed by atoms with E-state index in [1.54, 1.807) is 0 Å². The molecular formula is C12H27NOSi. The van der Waals surface area contributed by atoms with Crippen LogP contribution < -0.4 is 5.32 Å². The van der Waals surface area contributed by atoms with E-state index in [4.69, 9.17) is 4.43 Å². The predicted molar refractivity (Wildman–Crippen MR) is 70.8 cm³/mol. The smallest absolute Gasteiger partial charge is 0.192 e. The third kappa shape index (κ3) is 4.95. The van der Waals surface area contributed by atoms with Crippen LogP contribution in [-0.4, -0.2) is 28.0 Å². The maximum absolute atomic E-state index is 6.13. The highest BCUT2D eigenvalue weighted by Gasteiger charge is 2.37. The van der Waals surface area contributed by atoms with Crippen LogP contribution in [0.15, 0.2) is 12.7 Å². The van der Waals surface area contributed by atoms with Crippen LogP contribution in [0.5, 0.6) is 0 Å². The van der Waals surface area contributed by atoms with E-state index in [0.29, 0.717) is 11.1 Å². The van der Waals surface area contributed by atoms with Gasteiger partial charge in [0.25, 0.3) is 0 Å². The SMILES string of the molecule is C=CCC(CO[Si](C)(C)C(C)(C)C)NC. The van der Waals surface area contributed by atoms with Crippen molar-refractivity contribution >= 4 is 8.32 Å². The lowest BCUT2D eigenvalue weighted by molar-refractivity contribution is 0.248. The van der Waals surface area contributed by atoms with E-state index >= 15 is 0 Å². The quantitative estimate of drug-likeness (QED) is 0.558. The average molecular weight is 229 g/mol. The van der Waals surface area contributed by atoms with E-state index in [-0.39, 0.29) is 0 Å². The van der Waals surface area contributed by atoms with Gasteiger partial charge in [0, 0.05) is 12.6 Å². The summed E-state index contributed by atoms with van der Waals surface area (Å²) >= 11 is 0. The first-order valence-corrected chi connectivity index (χ1v) is 8.57. The fourth-order valence-electron chi connectivity index (χ4n) is 0.996. The summed E-state index contributed by atoms with van der Waals surface area (Å²) in [6.07, 6.45) is 2.90. The normalized spacial score (nSPS) is 15.1. The summed E-state index contributed by atoms with van der Waals surface area (Å²) in [7, 11) is 0.388. The molecule has 0 heterocycles. The Morgan fingerprint density at radius 1 is 1.40 bits per heavy atom. The molecule has 1 N–H and O–H groups in total. The first kappa shape index (κ1) is 14.9. The number of nitrogens with one attached hydrogen (secondary N) is 1. The van der Waals surface area contributed by atoms with E-state index in [1.807, 2.05) is 13.1 Å². The summed E-state index contributed by atoms with van der Waals surface area (Å²) in [5.41, 5.74) is 0. The molecule has 0 aliphatic rings. The van der Waals surface area contributed by atoms with Gasteiger partial charge < -0.3 is 9.74 Å². The maximum Gasteiger partial charge on any atom is 0.192 e. The van der Waals surface area contributed by atoms with Crippen LogP contribution in [0, 0.1) is 0 Å². The second-order valence-corrected chi connectivity index (χ2v) is 10.4. The van der Waals surface area contributed by atoms with Crippen LogP contribution in [0.1, 0.15) is 27.2 Å². The molecule has 15 heavy (non-hydrogen) atoms. The van der Waals surface area contributed by atoms with Gasteiger partial charge in [-0.2, -0.15) is 0 Å². The summed E-state index contributed by atoms with van der Waals surface area (Å²) in [4.78, 5) is 0. The monoisotopic (exact) mass is 229 g/mol. The van der Waals surface area contributed by atoms with Gasteiger partial charge in [0.1, 0.15) is 0 Å². The summed E-state index contributed by atoms with van der Waals surface area (Å²) in [6, 6.07) is 0.400. The highest BCUT2D eigenvalue weighted by Crippen LogP contribution is 2.36. The van der Waals surface area contributed by atoms with Crippen LogP contribution in [0.25, 0.3) is 0 Å². The summed E-state index contributed by atoms with van der Waals surface area (Å²) in [6.45, 7) is 15.9. The Morgan fingerprint density at radius 2 is 1.93 bits per heavy atom. The zero-order chi connectivity index (χ0) is 12.1. The van der Waals surface area contributed by atoms with Crippen molar-refractivity contribution in [3.05, 3.63) is 12.7 Å². The molecule has 0 spiro atoms. The van der Waals surface area contributed by atoms with Gasteiger partial charge in [-0.3, -0.25) is 0 Å². The molecule has 0 saturated heterocycles. The number of hydrogen-bond donors (Lipinski definition) is 1. The Labute approximate surface area is 96.2 Å². The van der Waals surface area contributed by atoms with Gasteiger partial charge in [0.05, 0.1) is 0 Å². The van der Waals surface area contributed by atoms with Gasteiger partial charge in [-0.05, 0) is 31.6 Å². The molecule has 0 fully saturated rings. The second kappa shape index (κ2) is 5.82. The highest BCUT2D eigenvalue weighted by atomic mass is 28.4. The minimum Gasteiger partial charge on any atom is -0.415 e. The van der Waals surface area contributed by atoms with Crippen molar-refractivity contribution in [3.8, 4) is 0 Å². The number of rotatable bonds is 6. The van der Waals surface area contributed by atoms with Gasteiger partial charge in [0.15, 0.2) is 8.32 Å². The first-order valence-electron chi connectivity index (χ1n) is 5.66. The lowest BCUT2D eigenvalue weighted by atomic mass is 10.2. The third-order valence-electron chi connectivity index (χ3n) is 3.31. The molecule has 0 aliphatic heterocycles. The van der Waals surface area contributed by atoms with Crippen molar-refractivity contribution in [2.45, 2.75) is 51.4 Å². The van der Waals surface area contributed by atoms with Gasteiger partial charge in [0.2, 0.25) is 0 Å². The molecular weight excluding hydrogens is 202 g/mol.